The molecule has 0 spiro atoms. The summed E-state index contributed by atoms with van der Waals surface area (Å²) in [6.07, 6.45) is -4.07. The van der Waals surface area contributed by atoms with Gasteiger partial charge in [-0.2, -0.15) is 13.2 Å². The molecule has 25 heavy (non-hydrogen) atoms. The predicted octanol–water partition coefficient (Wildman–Crippen LogP) is 3.72. The molecule has 1 aliphatic heterocycles. The Balaban J connectivity index is 2.10. The van der Waals surface area contributed by atoms with Crippen LogP contribution in [0, 0.1) is 5.92 Å². The summed E-state index contributed by atoms with van der Waals surface area (Å²) in [5.41, 5.74) is 1.41. The predicted molar refractivity (Wildman–Crippen MR) is 89.1 cm³/mol. The molecule has 1 aliphatic rings. The van der Waals surface area contributed by atoms with Crippen molar-refractivity contribution in [2.24, 2.45) is 5.92 Å². The zero-order valence-corrected chi connectivity index (χ0v) is 14.6. The van der Waals surface area contributed by atoms with Crippen LogP contribution in [-0.2, 0) is 15.0 Å². The van der Waals surface area contributed by atoms with E-state index in [0.717, 1.165) is 10.5 Å². The number of anilines is 1. The van der Waals surface area contributed by atoms with Crippen LogP contribution in [0.3, 0.4) is 0 Å². The van der Waals surface area contributed by atoms with Crippen molar-refractivity contribution in [1.29, 1.82) is 0 Å². The van der Waals surface area contributed by atoms with Gasteiger partial charge < -0.3 is 10.2 Å². The fourth-order valence-corrected chi connectivity index (χ4v) is 3.04. The SMILES string of the molecule is CC(C)(C)c1ccccc1NC(=O)C1CCCN(C(=O)C(F)(F)F)C1. The van der Waals surface area contributed by atoms with Crippen LogP contribution in [0.25, 0.3) is 0 Å². The van der Waals surface area contributed by atoms with Gasteiger partial charge in [0.25, 0.3) is 0 Å². The Kier molecular flexibility index (Phi) is 5.44. The van der Waals surface area contributed by atoms with Crippen molar-refractivity contribution in [1.82, 2.24) is 4.90 Å². The number of halogens is 3. The second-order valence-corrected chi connectivity index (χ2v) is 7.37. The van der Waals surface area contributed by atoms with Gasteiger partial charge in [0.15, 0.2) is 0 Å². The summed E-state index contributed by atoms with van der Waals surface area (Å²) in [5.74, 6) is -2.87. The minimum Gasteiger partial charge on any atom is -0.334 e. The maximum absolute atomic E-state index is 12.6. The Morgan fingerprint density at radius 1 is 1.16 bits per heavy atom. The van der Waals surface area contributed by atoms with Crippen molar-refractivity contribution >= 4 is 17.5 Å². The zero-order valence-electron chi connectivity index (χ0n) is 14.6. The molecule has 1 aromatic rings. The smallest absolute Gasteiger partial charge is 0.334 e. The number of rotatable bonds is 2. The number of likely N-dealkylation sites (tertiary alicyclic amines) is 1. The summed E-state index contributed by atoms with van der Waals surface area (Å²) in [5, 5.41) is 2.83. The number of carbonyl (C=O) groups is 2. The van der Waals surface area contributed by atoms with Crippen LogP contribution in [0.4, 0.5) is 18.9 Å². The van der Waals surface area contributed by atoms with Crippen LogP contribution in [-0.4, -0.2) is 36.0 Å². The number of hydrogen-bond donors (Lipinski definition) is 1. The molecular weight excluding hydrogens is 333 g/mol. The van der Waals surface area contributed by atoms with Gasteiger partial charge in [0.2, 0.25) is 5.91 Å². The first-order valence-corrected chi connectivity index (χ1v) is 8.26. The van der Waals surface area contributed by atoms with Crippen molar-refractivity contribution in [2.75, 3.05) is 18.4 Å². The Bertz CT molecular complexity index is 650. The lowest BCUT2D eigenvalue weighted by Gasteiger charge is -2.32. The van der Waals surface area contributed by atoms with E-state index < -0.39 is 18.0 Å². The van der Waals surface area contributed by atoms with Crippen molar-refractivity contribution in [3.05, 3.63) is 29.8 Å². The van der Waals surface area contributed by atoms with Crippen molar-refractivity contribution in [3.8, 4) is 0 Å². The van der Waals surface area contributed by atoms with Gasteiger partial charge in [0, 0.05) is 18.8 Å². The number of amides is 2. The highest BCUT2D eigenvalue weighted by Crippen LogP contribution is 2.30. The molecule has 0 saturated carbocycles. The first kappa shape index (κ1) is 19.3. The summed E-state index contributed by atoms with van der Waals surface area (Å²) in [4.78, 5) is 24.7. The molecule has 138 valence electrons. The van der Waals surface area contributed by atoms with Gasteiger partial charge in [0.05, 0.1) is 5.92 Å². The minimum absolute atomic E-state index is 0.0285. The summed E-state index contributed by atoms with van der Waals surface area (Å²) in [6.45, 7) is 5.87. The number of para-hydroxylation sites is 1. The number of piperidine rings is 1. The van der Waals surface area contributed by atoms with E-state index in [4.69, 9.17) is 0 Å². The molecule has 1 heterocycles. The molecule has 1 N–H and O–H groups in total. The number of hydrogen-bond acceptors (Lipinski definition) is 2. The number of carbonyl (C=O) groups excluding carboxylic acids is 2. The van der Waals surface area contributed by atoms with Crippen LogP contribution < -0.4 is 5.32 Å². The molecule has 7 heteroatoms. The molecule has 1 aromatic carbocycles. The average Bonchev–Trinajstić information content (AvgIpc) is 2.53. The molecule has 4 nitrogen and oxygen atoms in total. The van der Waals surface area contributed by atoms with E-state index in [-0.39, 0.29) is 24.4 Å². The molecule has 1 unspecified atom stereocenters. The number of benzene rings is 1. The topological polar surface area (TPSA) is 49.4 Å². The lowest BCUT2D eigenvalue weighted by Crippen LogP contribution is -2.48. The maximum atomic E-state index is 12.6. The van der Waals surface area contributed by atoms with E-state index in [1.54, 1.807) is 12.1 Å². The lowest BCUT2D eigenvalue weighted by molar-refractivity contribution is -0.187. The standard InChI is InChI=1S/C18H23F3N2O2/c1-17(2,3)13-8-4-5-9-14(13)22-15(24)12-7-6-10-23(11-12)16(25)18(19,20)21/h4-5,8-9,12H,6-7,10-11H2,1-3H3,(H,22,24). The van der Waals surface area contributed by atoms with Crippen LogP contribution in [0.5, 0.6) is 0 Å². The summed E-state index contributed by atoms with van der Waals surface area (Å²) in [6, 6.07) is 7.36. The Morgan fingerprint density at radius 3 is 2.40 bits per heavy atom. The van der Waals surface area contributed by atoms with E-state index >= 15 is 0 Å². The molecule has 0 aromatic heterocycles. The van der Waals surface area contributed by atoms with Gasteiger partial charge in [0.1, 0.15) is 0 Å². The van der Waals surface area contributed by atoms with Crippen LogP contribution in [0.1, 0.15) is 39.2 Å². The van der Waals surface area contributed by atoms with Gasteiger partial charge >= 0.3 is 12.1 Å². The molecule has 1 saturated heterocycles. The molecule has 0 radical (unpaired) electrons. The fourth-order valence-electron chi connectivity index (χ4n) is 3.04. The molecule has 1 fully saturated rings. The third kappa shape index (κ3) is 4.74. The first-order chi connectivity index (χ1) is 11.5. The third-order valence-corrected chi connectivity index (χ3v) is 4.31. The normalized spacial score (nSPS) is 18.8. The molecule has 1 atom stereocenters. The highest BCUT2D eigenvalue weighted by molar-refractivity contribution is 5.94. The average molecular weight is 356 g/mol. The maximum Gasteiger partial charge on any atom is 0.471 e. The second-order valence-electron chi connectivity index (χ2n) is 7.37. The van der Waals surface area contributed by atoms with E-state index in [1.807, 2.05) is 32.9 Å². The monoisotopic (exact) mass is 356 g/mol. The van der Waals surface area contributed by atoms with E-state index in [2.05, 4.69) is 5.32 Å². The van der Waals surface area contributed by atoms with Crippen molar-refractivity contribution < 1.29 is 22.8 Å². The van der Waals surface area contributed by atoms with Gasteiger partial charge in [-0.1, -0.05) is 39.0 Å². The summed E-state index contributed by atoms with van der Waals surface area (Å²) < 4.78 is 37.8. The largest absolute Gasteiger partial charge is 0.471 e. The Hall–Kier alpha value is -2.05. The first-order valence-electron chi connectivity index (χ1n) is 8.26. The minimum atomic E-state index is -4.91. The Morgan fingerprint density at radius 2 is 1.80 bits per heavy atom. The zero-order chi connectivity index (χ0) is 18.8. The highest BCUT2D eigenvalue weighted by Gasteiger charge is 2.44. The second kappa shape index (κ2) is 7.06. The quantitative estimate of drug-likeness (QED) is 0.878. The van der Waals surface area contributed by atoms with Crippen molar-refractivity contribution in [2.45, 2.75) is 45.2 Å². The van der Waals surface area contributed by atoms with Gasteiger partial charge in [-0.05, 0) is 29.9 Å². The molecule has 0 bridgehead atoms. The number of nitrogens with one attached hydrogen (secondary N) is 1. The molecular formula is C18H23F3N2O2. The third-order valence-electron chi connectivity index (χ3n) is 4.31. The molecule has 2 amide bonds. The van der Waals surface area contributed by atoms with Crippen molar-refractivity contribution in [3.63, 3.8) is 0 Å². The Labute approximate surface area is 145 Å². The van der Waals surface area contributed by atoms with Gasteiger partial charge in [-0.25, -0.2) is 0 Å². The number of alkyl halides is 3. The lowest BCUT2D eigenvalue weighted by atomic mass is 9.85. The highest BCUT2D eigenvalue weighted by atomic mass is 19.4. The van der Waals surface area contributed by atoms with Gasteiger partial charge in [-0.15, -0.1) is 0 Å². The number of nitrogens with zero attached hydrogens (tertiary/aromatic N) is 1. The molecule has 0 aliphatic carbocycles. The molecule has 2 rings (SSSR count). The fraction of sp³-hybridized carbons (Fsp3) is 0.556. The summed E-state index contributed by atoms with van der Waals surface area (Å²) >= 11 is 0. The van der Waals surface area contributed by atoms with E-state index in [1.165, 1.54) is 0 Å². The van der Waals surface area contributed by atoms with Gasteiger partial charge in [-0.3, -0.25) is 9.59 Å². The summed E-state index contributed by atoms with van der Waals surface area (Å²) in [7, 11) is 0. The van der Waals surface area contributed by atoms with Crippen LogP contribution in [0.15, 0.2) is 24.3 Å². The van der Waals surface area contributed by atoms with E-state index in [9.17, 15) is 22.8 Å². The van der Waals surface area contributed by atoms with Crippen LogP contribution >= 0.6 is 0 Å². The van der Waals surface area contributed by atoms with Crippen LogP contribution in [0.2, 0.25) is 0 Å². The van der Waals surface area contributed by atoms with E-state index in [0.29, 0.717) is 18.5 Å².